The third kappa shape index (κ3) is 8.48. The molecule has 2 unspecified atom stereocenters. The summed E-state index contributed by atoms with van der Waals surface area (Å²) in [5.41, 5.74) is 0. The third-order valence-corrected chi connectivity index (χ3v) is 5.03. The first-order valence-electron chi connectivity index (χ1n) is 9.74. The van der Waals surface area contributed by atoms with Crippen molar-refractivity contribution in [2.24, 2.45) is 17.8 Å². The molecule has 4 atom stereocenters. The molecule has 0 aliphatic heterocycles. The summed E-state index contributed by atoms with van der Waals surface area (Å²) in [6.45, 7) is 4.17. The van der Waals surface area contributed by atoms with E-state index in [-0.39, 0.29) is 30.0 Å². The maximum absolute atomic E-state index is 12.1. The Morgan fingerprint density at radius 1 is 1.24 bits per heavy atom. The van der Waals surface area contributed by atoms with Crippen LogP contribution in [0.15, 0.2) is 24.3 Å². The number of carbonyl (C=O) groups excluding carboxylic acids is 1. The molecular formula is C21H34O4. The van der Waals surface area contributed by atoms with Gasteiger partial charge in [-0.1, -0.05) is 64.2 Å². The zero-order valence-corrected chi connectivity index (χ0v) is 15.7. The van der Waals surface area contributed by atoms with E-state index in [0.717, 1.165) is 19.3 Å². The van der Waals surface area contributed by atoms with Crippen molar-refractivity contribution in [2.75, 3.05) is 0 Å². The highest BCUT2D eigenvalue weighted by atomic mass is 16.4. The fraction of sp³-hybridized carbons (Fsp3) is 0.714. The number of carboxylic acid groups (broad SMARTS) is 1. The molecule has 0 saturated heterocycles. The largest absolute Gasteiger partial charge is 0.481 e. The van der Waals surface area contributed by atoms with Gasteiger partial charge in [-0.3, -0.25) is 9.59 Å². The molecule has 1 rings (SSSR count). The molecular weight excluding hydrogens is 316 g/mol. The fourth-order valence-corrected chi connectivity index (χ4v) is 3.38. The molecule has 0 spiro atoms. The number of carboxylic acids is 1. The Balaban J connectivity index is 2.40. The summed E-state index contributed by atoms with van der Waals surface area (Å²) in [6, 6.07) is 0. The summed E-state index contributed by atoms with van der Waals surface area (Å²) in [5.74, 6) is -0.760. The topological polar surface area (TPSA) is 74.6 Å². The maximum atomic E-state index is 12.1. The van der Waals surface area contributed by atoms with Gasteiger partial charge in [-0.15, -0.1) is 0 Å². The van der Waals surface area contributed by atoms with E-state index < -0.39 is 12.1 Å². The van der Waals surface area contributed by atoms with Crippen molar-refractivity contribution in [1.29, 1.82) is 0 Å². The minimum absolute atomic E-state index is 0.0855. The third-order valence-electron chi connectivity index (χ3n) is 5.03. The number of unbranched alkanes of at least 4 members (excludes halogenated alkanes) is 4. The lowest BCUT2D eigenvalue weighted by atomic mass is 9.85. The maximum Gasteiger partial charge on any atom is 0.303 e. The molecule has 2 N–H and O–H groups in total. The van der Waals surface area contributed by atoms with E-state index >= 15 is 0 Å². The van der Waals surface area contributed by atoms with E-state index in [1.54, 1.807) is 6.08 Å². The Morgan fingerprint density at radius 3 is 2.64 bits per heavy atom. The van der Waals surface area contributed by atoms with E-state index in [1.165, 1.54) is 19.3 Å². The number of hydrogen-bond acceptors (Lipinski definition) is 3. The molecule has 0 aromatic heterocycles. The molecule has 0 saturated carbocycles. The number of aliphatic carboxylic acids is 1. The lowest BCUT2D eigenvalue weighted by Gasteiger charge is -2.22. The van der Waals surface area contributed by atoms with Gasteiger partial charge >= 0.3 is 5.97 Å². The highest BCUT2D eigenvalue weighted by molar-refractivity contribution is 5.94. The van der Waals surface area contributed by atoms with Gasteiger partial charge in [0.15, 0.2) is 5.78 Å². The first-order valence-corrected chi connectivity index (χ1v) is 9.74. The van der Waals surface area contributed by atoms with Gasteiger partial charge in [-0.2, -0.15) is 0 Å². The summed E-state index contributed by atoms with van der Waals surface area (Å²) in [5, 5.41) is 19.2. The van der Waals surface area contributed by atoms with Crippen molar-refractivity contribution >= 4 is 11.8 Å². The van der Waals surface area contributed by atoms with Crippen molar-refractivity contribution in [3.8, 4) is 0 Å². The van der Waals surface area contributed by atoms with Crippen LogP contribution < -0.4 is 0 Å². The molecule has 0 amide bonds. The van der Waals surface area contributed by atoms with Crippen LogP contribution in [0.1, 0.15) is 71.6 Å². The van der Waals surface area contributed by atoms with Gasteiger partial charge in [0.2, 0.25) is 0 Å². The van der Waals surface area contributed by atoms with Crippen molar-refractivity contribution < 1.29 is 19.8 Å². The van der Waals surface area contributed by atoms with E-state index in [4.69, 9.17) is 5.11 Å². The Morgan fingerprint density at radius 2 is 1.96 bits per heavy atom. The molecule has 0 radical (unpaired) electrons. The number of ketones is 1. The van der Waals surface area contributed by atoms with Crippen molar-refractivity contribution in [1.82, 2.24) is 0 Å². The molecule has 0 aromatic rings. The Kier molecular flexibility index (Phi) is 10.4. The number of allylic oxidation sites excluding steroid dienone is 3. The van der Waals surface area contributed by atoms with Crippen LogP contribution in [0.5, 0.6) is 0 Å². The average Bonchev–Trinajstić information content (AvgIpc) is 2.93. The van der Waals surface area contributed by atoms with Crippen LogP contribution in [0.4, 0.5) is 0 Å². The normalized spacial score (nSPS) is 22.6. The van der Waals surface area contributed by atoms with E-state index in [1.807, 2.05) is 25.2 Å². The molecule has 0 fully saturated rings. The molecule has 0 aromatic carbocycles. The number of rotatable bonds is 13. The number of aliphatic hydroxyl groups excluding tert-OH is 1. The van der Waals surface area contributed by atoms with Gasteiger partial charge < -0.3 is 10.2 Å². The van der Waals surface area contributed by atoms with Gasteiger partial charge in [0.1, 0.15) is 0 Å². The zero-order chi connectivity index (χ0) is 18.7. The fourth-order valence-electron chi connectivity index (χ4n) is 3.38. The van der Waals surface area contributed by atoms with Gasteiger partial charge in [0.05, 0.1) is 6.10 Å². The summed E-state index contributed by atoms with van der Waals surface area (Å²) in [4.78, 5) is 22.7. The lowest BCUT2D eigenvalue weighted by Crippen LogP contribution is -2.26. The Bertz CT molecular complexity index is 467. The highest BCUT2D eigenvalue weighted by Crippen LogP contribution is 2.31. The van der Waals surface area contributed by atoms with Crippen LogP contribution in [0.2, 0.25) is 0 Å². The molecule has 25 heavy (non-hydrogen) atoms. The van der Waals surface area contributed by atoms with Crippen molar-refractivity contribution in [3.63, 3.8) is 0 Å². The van der Waals surface area contributed by atoms with E-state index in [9.17, 15) is 14.7 Å². The second-order valence-corrected chi connectivity index (χ2v) is 7.29. The standard InChI is InChI=1S/C21H34O4/c1-3-4-5-6-7-11-19(22)18-13-14-20(23)17(18)10-8-9-16(2)12-15-21(24)25/h8-9,13-14,16-19,22H,3-7,10-12,15H2,1-2H3,(H,24,25)/t16?,17-,18+,19?/m1/s1. The monoisotopic (exact) mass is 350 g/mol. The van der Waals surface area contributed by atoms with Crippen molar-refractivity contribution in [2.45, 2.75) is 77.7 Å². The summed E-state index contributed by atoms with van der Waals surface area (Å²) in [7, 11) is 0. The van der Waals surface area contributed by atoms with Crippen LogP contribution in [0.3, 0.4) is 0 Å². The van der Waals surface area contributed by atoms with Crippen LogP contribution in [-0.4, -0.2) is 28.1 Å². The first kappa shape index (κ1) is 21.6. The predicted molar refractivity (Wildman–Crippen MR) is 100 cm³/mol. The second-order valence-electron chi connectivity index (χ2n) is 7.29. The lowest BCUT2D eigenvalue weighted by molar-refractivity contribution is -0.137. The van der Waals surface area contributed by atoms with Crippen molar-refractivity contribution in [3.05, 3.63) is 24.3 Å². The van der Waals surface area contributed by atoms with Gasteiger partial charge in [0, 0.05) is 18.3 Å². The minimum atomic E-state index is -0.780. The highest BCUT2D eigenvalue weighted by Gasteiger charge is 2.33. The van der Waals surface area contributed by atoms with Gasteiger partial charge in [-0.25, -0.2) is 0 Å². The molecule has 4 nitrogen and oxygen atoms in total. The Hall–Kier alpha value is -1.42. The number of aliphatic hydroxyl groups is 1. The van der Waals surface area contributed by atoms with Crippen LogP contribution >= 0.6 is 0 Å². The van der Waals surface area contributed by atoms with Gasteiger partial charge in [0.25, 0.3) is 0 Å². The first-order chi connectivity index (χ1) is 12.0. The minimum Gasteiger partial charge on any atom is -0.481 e. The van der Waals surface area contributed by atoms with Gasteiger partial charge in [-0.05, 0) is 31.3 Å². The van der Waals surface area contributed by atoms with E-state index in [2.05, 4.69) is 6.92 Å². The number of hydrogen-bond donors (Lipinski definition) is 2. The summed E-state index contributed by atoms with van der Waals surface area (Å²) in [6.07, 6.45) is 14.9. The smallest absolute Gasteiger partial charge is 0.303 e. The second kappa shape index (κ2) is 12.0. The Labute approximate surface area is 152 Å². The summed E-state index contributed by atoms with van der Waals surface area (Å²) >= 11 is 0. The predicted octanol–water partition coefficient (Wildman–Crippen LogP) is 4.53. The van der Waals surface area contributed by atoms with Crippen LogP contribution in [-0.2, 0) is 9.59 Å². The molecule has 1 aliphatic carbocycles. The molecule has 0 bridgehead atoms. The SMILES string of the molecule is CCCCCCCC(O)[C@H]1C=CC(=O)[C@@H]1CC=CC(C)CCC(=O)O. The van der Waals surface area contributed by atoms with E-state index in [0.29, 0.717) is 12.8 Å². The molecule has 0 heterocycles. The average molecular weight is 350 g/mol. The molecule has 1 aliphatic rings. The number of carbonyl (C=O) groups is 2. The van der Waals surface area contributed by atoms with Crippen LogP contribution in [0, 0.1) is 17.8 Å². The van der Waals surface area contributed by atoms with Crippen LogP contribution in [0.25, 0.3) is 0 Å². The summed E-state index contributed by atoms with van der Waals surface area (Å²) < 4.78 is 0. The zero-order valence-electron chi connectivity index (χ0n) is 15.7. The molecule has 142 valence electrons. The molecule has 4 heteroatoms. The quantitative estimate of drug-likeness (QED) is 0.378.